The van der Waals surface area contributed by atoms with Gasteiger partial charge in [-0.3, -0.25) is 0 Å². The van der Waals surface area contributed by atoms with Crippen molar-refractivity contribution in [3.05, 3.63) is 0 Å². The van der Waals surface area contributed by atoms with Gasteiger partial charge in [-0.2, -0.15) is 0 Å². The van der Waals surface area contributed by atoms with Crippen molar-refractivity contribution in [3.8, 4) is 0 Å². The number of hydrogen-bond donors (Lipinski definition) is 2. The van der Waals surface area contributed by atoms with E-state index in [0.29, 0.717) is 23.4 Å². The van der Waals surface area contributed by atoms with Gasteiger partial charge in [-0.15, -0.1) is 0 Å². The molecule has 0 aromatic heterocycles. The van der Waals surface area contributed by atoms with Crippen LogP contribution in [0.4, 0.5) is 0 Å². The molecule has 0 saturated heterocycles. The van der Waals surface area contributed by atoms with E-state index in [9.17, 15) is 0 Å². The fraction of sp³-hybridized carbons (Fsp3) is 1.00. The molecular formula is C12H26N2. The summed E-state index contributed by atoms with van der Waals surface area (Å²) in [5, 5.41) is 3.70. The first-order chi connectivity index (χ1) is 6.44. The van der Waals surface area contributed by atoms with E-state index in [2.05, 4.69) is 33.0 Å². The topological polar surface area (TPSA) is 38.0 Å². The van der Waals surface area contributed by atoms with Crippen LogP contribution in [0.15, 0.2) is 0 Å². The Kier molecular flexibility index (Phi) is 3.96. The van der Waals surface area contributed by atoms with Crippen molar-refractivity contribution in [1.29, 1.82) is 0 Å². The van der Waals surface area contributed by atoms with Crippen LogP contribution in [0, 0.1) is 11.3 Å². The molecule has 2 heteroatoms. The highest BCUT2D eigenvalue weighted by atomic mass is 15.0. The van der Waals surface area contributed by atoms with Crippen molar-refractivity contribution in [2.45, 2.75) is 59.0 Å². The van der Waals surface area contributed by atoms with E-state index in [4.69, 9.17) is 5.73 Å². The SMILES string of the molecule is CC(C)C(CN)NC1CCC(C)(C)C1. The lowest BCUT2D eigenvalue weighted by Crippen LogP contribution is -2.45. The zero-order valence-electron chi connectivity index (χ0n) is 10.1. The van der Waals surface area contributed by atoms with Gasteiger partial charge in [-0.1, -0.05) is 27.7 Å². The average Bonchev–Trinajstić information content (AvgIpc) is 2.41. The van der Waals surface area contributed by atoms with Crippen LogP contribution in [0.25, 0.3) is 0 Å². The lowest BCUT2D eigenvalue weighted by Gasteiger charge is -2.26. The van der Waals surface area contributed by atoms with Crippen LogP contribution in [0.1, 0.15) is 47.0 Å². The van der Waals surface area contributed by atoms with Crippen LogP contribution < -0.4 is 11.1 Å². The van der Waals surface area contributed by atoms with E-state index in [1.54, 1.807) is 0 Å². The van der Waals surface area contributed by atoms with Crippen LogP contribution in [0.2, 0.25) is 0 Å². The van der Waals surface area contributed by atoms with Gasteiger partial charge in [-0.05, 0) is 30.6 Å². The smallest absolute Gasteiger partial charge is 0.0215 e. The summed E-state index contributed by atoms with van der Waals surface area (Å²) in [6, 6.07) is 1.19. The minimum Gasteiger partial charge on any atom is -0.329 e. The Bertz CT molecular complexity index is 175. The summed E-state index contributed by atoms with van der Waals surface area (Å²) in [7, 11) is 0. The molecule has 2 atom stereocenters. The van der Waals surface area contributed by atoms with Crippen molar-refractivity contribution in [3.63, 3.8) is 0 Å². The summed E-state index contributed by atoms with van der Waals surface area (Å²) in [6.07, 6.45) is 3.96. The Hall–Kier alpha value is -0.0800. The molecule has 0 aromatic carbocycles. The van der Waals surface area contributed by atoms with Crippen LogP contribution in [0.3, 0.4) is 0 Å². The monoisotopic (exact) mass is 198 g/mol. The largest absolute Gasteiger partial charge is 0.329 e. The Labute approximate surface area is 88.6 Å². The van der Waals surface area contributed by atoms with Crippen molar-refractivity contribution in [2.24, 2.45) is 17.1 Å². The minimum absolute atomic E-state index is 0.494. The molecule has 0 heterocycles. The second kappa shape index (κ2) is 4.63. The van der Waals surface area contributed by atoms with Gasteiger partial charge in [0.05, 0.1) is 0 Å². The maximum atomic E-state index is 5.76. The standard InChI is InChI=1S/C12H26N2/c1-9(2)11(8-13)14-10-5-6-12(3,4)7-10/h9-11,14H,5-8,13H2,1-4H3. The second-order valence-electron chi connectivity index (χ2n) is 5.86. The molecule has 0 bridgehead atoms. The summed E-state index contributed by atoms with van der Waals surface area (Å²) in [6.45, 7) is 9.97. The fourth-order valence-electron chi connectivity index (χ4n) is 2.41. The predicted octanol–water partition coefficient (Wildman–Crippen LogP) is 2.14. The Morgan fingerprint density at radius 1 is 1.43 bits per heavy atom. The minimum atomic E-state index is 0.494. The Morgan fingerprint density at radius 2 is 2.07 bits per heavy atom. The number of hydrogen-bond acceptors (Lipinski definition) is 2. The van der Waals surface area contributed by atoms with Gasteiger partial charge in [0.25, 0.3) is 0 Å². The quantitative estimate of drug-likeness (QED) is 0.726. The summed E-state index contributed by atoms with van der Waals surface area (Å²) in [4.78, 5) is 0. The molecule has 1 saturated carbocycles. The first-order valence-corrected chi connectivity index (χ1v) is 5.91. The van der Waals surface area contributed by atoms with Gasteiger partial charge in [0.15, 0.2) is 0 Å². The molecule has 0 aromatic rings. The molecule has 2 nitrogen and oxygen atoms in total. The summed E-state index contributed by atoms with van der Waals surface area (Å²) < 4.78 is 0. The summed E-state index contributed by atoms with van der Waals surface area (Å²) >= 11 is 0. The molecule has 84 valence electrons. The van der Waals surface area contributed by atoms with E-state index in [-0.39, 0.29) is 0 Å². The maximum absolute atomic E-state index is 5.76. The third-order valence-electron chi connectivity index (χ3n) is 3.48. The maximum Gasteiger partial charge on any atom is 0.0215 e. The average molecular weight is 198 g/mol. The molecule has 1 aliphatic rings. The van der Waals surface area contributed by atoms with E-state index in [1.165, 1.54) is 19.3 Å². The lowest BCUT2D eigenvalue weighted by molar-refractivity contribution is 0.325. The molecule has 3 N–H and O–H groups in total. The Morgan fingerprint density at radius 3 is 2.43 bits per heavy atom. The van der Waals surface area contributed by atoms with E-state index >= 15 is 0 Å². The van der Waals surface area contributed by atoms with Gasteiger partial charge < -0.3 is 11.1 Å². The molecule has 0 aliphatic heterocycles. The molecule has 1 aliphatic carbocycles. The third kappa shape index (κ3) is 3.25. The van der Waals surface area contributed by atoms with Gasteiger partial charge in [0.1, 0.15) is 0 Å². The van der Waals surface area contributed by atoms with Gasteiger partial charge in [0.2, 0.25) is 0 Å². The molecule has 0 radical (unpaired) electrons. The van der Waals surface area contributed by atoms with Gasteiger partial charge in [-0.25, -0.2) is 0 Å². The predicted molar refractivity (Wildman–Crippen MR) is 62.2 cm³/mol. The normalized spacial score (nSPS) is 28.3. The van der Waals surface area contributed by atoms with Crippen LogP contribution >= 0.6 is 0 Å². The Balaban J connectivity index is 2.38. The zero-order valence-corrected chi connectivity index (χ0v) is 10.1. The summed E-state index contributed by atoms with van der Waals surface area (Å²) in [5.41, 5.74) is 6.29. The number of nitrogens with two attached hydrogens (primary N) is 1. The first-order valence-electron chi connectivity index (χ1n) is 5.91. The lowest BCUT2D eigenvalue weighted by atomic mass is 9.91. The zero-order chi connectivity index (χ0) is 10.8. The highest BCUT2D eigenvalue weighted by Gasteiger charge is 2.31. The third-order valence-corrected chi connectivity index (χ3v) is 3.48. The number of nitrogens with one attached hydrogen (secondary N) is 1. The van der Waals surface area contributed by atoms with Crippen LogP contribution in [-0.4, -0.2) is 18.6 Å². The van der Waals surface area contributed by atoms with Crippen molar-refractivity contribution >= 4 is 0 Å². The van der Waals surface area contributed by atoms with E-state index in [0.717, 1.165) is 6.54 Å². The fourth-order valence-corrected chi connectivity index (χ4v) is 2.41. The van der Waals surface area contributed by atoms with E-state index < -0.39 is 0 Å². The molecular weight excluding hydrogens is 172 g/mol. The molecule has 14 heavy (non-hydrogen) atoms. The molecule has 0 spiro atoms. The van der Waals surface area contributed by atoms with Gasteiger partial charge >= 0.3 is 0 Å². The van der Waals surface area contributed by atoms with E-state index in [1.807, 2.05) is 0 Å². The first kappa shape index (κ1) is 12.0. The molecule has 2 unspecified atom stereocenters. The van der Waals surface area contributed by atoms with Gasteiger partial charge in [0, 0.05) is 18.6 Å². The van der Waals surface area contributed by atoms with Crippen LogP contribution in [-0.2, 0) is 0 Å². The van der Waals surface area contributed by atoms with Crippen molar-refractivity contribution in [1.82, 2.24) is 5.32 Å². The molecule has 0 amide bonds. The molecule has 1 rings (SSSR count). The highest BCUT2D eigenvalue weighted by molar-refractivity contribution is 4.88. The highest BCUT2D eigenvalue weighted by Crippen LogP contribution is 2.37. The van der Waals surface area contributed by atoms with Crippen LogP contribution in [0.5, 0.6) is 0 Å². The number of rotatable bonds is 4. The van der Waals surface area contributed by atoms with Crippen molar-refractivity contribution < 1.29 is 0 Å². The van der Waals surface area contributed by atoms with Crippen molar-refractivity contribution in [2.75, 3.05) is 6.54 Å². The second-order valence-corrected chi connectivity index (χ2v) is 5.86. The molecule has 1 fully saturated rings. The summed E-state index contributed by atoms with van der Waals surface area (Å²) in [5.74, 6) is 0.642.